The molecule has 2 atom stereocenters. The molecule has 1 aliphatic heterocycles. The van der Waals surface area contributed by atoms with Crippen LogP contribution >= 0.6 is 0 Å². The Morgan fingerprint density at radius 3 is 2.60 bits per heavy atom. The molecule has 2 amide bonds. The molecular formula is C15H28N2O3. The zero-order valence-corrected chi connectivity index (χ0v) is 13.1. The summed E-state index contributed by atoms with van der Waals surface area (Å²) in [5.74, 6) is 0.466. The molecule has 0 bridgehead atoms. The van der Waals surface area contributed by atoms with Crippen LogP contribution in [0, 0.1) is 11.8 Å². The molecule has 0 aromatic rings. The molecule has 1 N–H and O–H groups in total. The zero-order chi connectivity index (χ0) is 15.1. The first-order valence-corrected chi connectivity index (χ1v) is 7.61. The molecule has 1 saturated heterocycles. The van der Waals surface area contributed by atoms with Gasteiger partial charge in [0.25, 0.3) is 0 Å². The quantitative estimate of drug-likeness (QED) is 0.843. The summed E-state index contributed by atoms with van der Waals surface area (Å²) in [5.41, 5.74) is 0. The normalized spacial score (nSPS) is 22.8. The van der Waals surface area contributed by atoms with Gasteiger partial charge >= 0.3 is 6.09 Å². The summed E-state index contributed by atoms with van der Waals surface area (Å²) in [6, 6.07) is 0.0413. The van der Waals surface area contributed by atoms with E-state index < -0.39 is 0 Å². The van der Waals surface area contributed by atoms with Gasteiger partial charge in [0, 0.05) is 25.0 Å². The second kappa shape index (κ2) is 8.12. The first kappa shape index (κ1) is 16.8. The third-order valence-electron chi connectivity index (χ3n) is 3.81. The number of likely N-dealkylation sites (tertiary alicyclic amines) is 1. The molecule has 0 aliphatic carbocycles. The molecule has 0 aromatic carbocycles. The number of piperidine rings is 1. The predicted molar refractivity (Wildman–Crippen MR) is 78.4 cm³/mol. The molecule has 1 aliphatic rings. The molecule has 20 heavy (non-hydrogen) atoms. The first-order chi connectivity index (χ1) is 9.47. The van der Waals surface area contributed by atoms with Crippen molar-refractivity contribution in [1.82, 2.24) is 10.2 Å². The van der Waals surface area contributed by atoms with Gasteiger partial charge in [0.1, 0.15) is 0 Å². The third-order valence-corrected chi connectivity index (χ3v) is 3.81. The molecule has 0 aromatic heterocycles. The molecule has 0 radical (unpaired) electrons. The maximum Gasteiger partial charge on any atom is 0.409 e. The average molecular weight is 284 g/mol. The molecule has 0 saturated carbocycles. The highest BCUT2D eigenvalue weighted by Gasteiger charge is 2.31. The lowest BCUT2D eigenvalue weighted by Gasteiger charge is -2.37. The summed E-state index contributed by atoms with van der Waals surface area (Å²) in [6.07, 6.45) is 4.06. The molecule has 116 valence electrons. The summed E-state index contributed by atoms with van der Waals surface area (Å²) in [7, 11) is 1.40. The highest BCUT2D eigenvalue weighted by Crippen LogP contribution is 2.23. The zero-order valence-electron chi connectivity index (χ0n) is 13.1. The van der Waals surface area contributed by atoms with E-state index in [9.17, 15) is 9.59 Å². The van der Waals surface area contributed by atoms with Crippen molar-refractivity contribution in [2.75, 3.05) is 20.2 Å². The molecule has 1 fully saturated rings. The van der Waals surface area contributed by atoms with Crippen LogP contribution in [0.15, 0.2) is 0 Å². The van der Waals surface area contributed by atoms with E-state index >= 15 is 0 Å². The minimum atomic E-state index is -0.296. The second-order valence-corrected chi connectivity index (χ2v) is 5.98. The van der Waals surface area contributed by atoms with Gasteiger partial charge in [-0.25, -0.2) is 4.79 Å². The Kier molecular flexibility index (Phi) is 6.82. The third kappa shape index (κ3) is 5.02. The van der Waals surface area contributed by atoms with E-state index in [1.807, 2.05) is 13.8 Å². The summed E-state index contributed by atoms with van der Waals surface area (Å²) >= 11 is 0. The Balaban J connectivity index is 2.63. The number of ether oxygens (including phenoxy) is 1. The van der Waals surface area contributed by atoms with Crippen LogP contribution in [0.5, 0.6) is 0 Å². The maximum atomic E-state index is 11.8. The van der Waals surface area contributed by atoms with E-state index in [1.54, 1.807) is 4.90 Å². The lowest BCUT2D eigenvalue weighted by Crippen LogP contribution is -2.53. The molecule has 5 nitrogen and oxygen atoms in total. The van der Waals surface area contributed by atoms with Crippen molar-refractivity contribution in [2.24, 2.45) is 11.8 Å². The summed E-state index contributed by atoms with van der Waals surface area (Å²) < 4.78 is 4.82. The van der Waals surface area contributed by atoms with Crippen molar-refractivity contribution in [1.29, 1.82) is 0 Å². The average Bonchev–Trinajstić information content (AvgIpc) is 2.43. The number of hydrogen-bond donors (Lipinski definition) is 1. The number of unbranched alkanes of at least 4 members (excludes halogenated alkanes) is 1. The number of hydrogen-bond acceptors (Lipinski definition) is 3. The van der Waals surface area contributed by atoms with E-state index in [4.69, 9.17) is 4.74 Å². The Labute approximate surface area is 122 Å². The van der Waals surface area contributed by atoms with Gasteiger partial charge in [-0.15, -0.1) is 0 Å². The van der Waals surface area contributed by atoms with Crippen LogP contribution < -0.4 is 5.32 Å². The van der Waals surface area contributed by atoms with Crippen LogP contribution in [0.1, 0.15) is 46.5 Å². The highest BCUT2D eigenvalue weighted by atomic mass is 16.5. The van der Waals surface area contributed by atoms with E-state index in [2.05, 4.69) is 12.2 Å². The number of amides is 2. The van der Waals surface area contributed by atoms with Gasteiger partial charge in [-0.2, -0.15) is 0 Å². The largest absolute Gasteiger partial charge is 0.453 e. The smallest absolute Gasteiger partial charge is 0.409 e. The van der Waals surface area contributed by atoms with Gasteiger partial charge in [0.05, 0.1) is 7.11 Å². The lowest BCUT2D eigenvalue weighted by molar-refractivity contribution is -0.125. The SMILES string of the molecule is CCCCC1CC(NC(=O)C(C)C)CN(C(=O)OC)C1. The monoisotopic (exact) mass is 284 g/mol. The van der Waals surface area contributed by atoms with Gasteiger partial charge < -0.3 is 15.0 Å². The lowest BCUT2D eigenvalue weighted by atomic mass is 9.90. The van der Waals surface area contributed by atoms with Gasteiger partial charge in [-0.1, -0.05) is 33.6 Å². The van der Waals surface area contributed by atoms with Crippen molar-refractivity contribution in [2.45, 2.75) is 52.5 Å². The number of carbonyl (C=O) groups excluding carboxylic acids is 2. The molecule has 1 heterocycles. The number of nitrogens with one attached hydrogen (secondary N) is 1. The van der Waals surface area contributed by atoms with Crippen LogP contribution in [0.3, 0.4) is 0 Å². The fourth-order valence-corrected chi connectivity index (χ4v) is 2.66. The topological polar surface area (TPSA) is 58.6 Å². The first-order valence-electron chi connectivity index (χ1n) is 7.61. The number of nitrogens with zero attached hydrogens (tertiary/aromatic N) is 1. The predicted octanol–water partition coefficient (Wildman–Crippen LogP) is 2.41. The van der Waals surface area contributed by atoms with Crippen molar-refractivity contribution in [3.05, 3.63) is 0 Å². The van der Waals surface area contributed by atoms with E-state index in [0.29, 0.717) is 12.5 Å². The Bertz CT molecular complexity index is 331. The Morgan fingerprint density at radius 2 is 2.05 bits per heavy atom. The minimum Gasteiger partial charge on any atom is -0.453 e. The van der Waals surface area contributed by atoms with Crippen LogP contribution in [-0.4, -0.2) is 43.1 Å². The summed E-state index contributed by atoms with van der Waals surface area (Å²) in [4.78, 5) is 25.3. The molecular weight excluding hydrogens is 256 g/mol. The van der Waals surface area contributed by atoms with Crippen LogP contribution in [0.2, 0.25) is 0 Å². The minimum absolute atomic E-state index is 0.0300. The molecule has 0 spiro atoms. The van der Waals surface area contributed by atoms with Gasteiger partial charge in [0.15, 0.2) is 0 Å². The van der Waals surface area contributed by atoms with Gasteiger partial charge in [-0.3, -0.25) is 4.79 Å². The van der Waals surface area contributed by atoms with Crippen LogP contribution in [0.4, 0.5) is 4.79 Å². The fraction of sp³-hybridized carbons (Fsp3) is 0.867. The second-order valence-electron chi connectivity index (χ2n) is 5.98. The summed E-state index contributed by atoms with van der Waals surface area (Å²) in [6.45, 7) is 7.21. The Morgan fingerprint density at radius 1 is 1.35 bits per heavy atom. The highest BCUT2D eigenvalue weighted by molar-refractivity contribution is 5.78. The van der Waals surface area contributed by atoms with Gasteiger partial charge in [0.2, 0.25) is 5.91 Å². The number of rotatable bonds is 5. The molecule has 1 rings (SSSR count). The van der Waals surface area contributed by atoms with E-state index in [-0.39, 0.29) is 24.0 Å². The van der Waals surface area contributed by atoms with Crippen LogP contribution in [0.25, 0.3) is 0 Å². The molecule has 5 heteroatoms. The summed E-state index contributed by atoms with van der Waals surface area (Å²) in [5, 5.41) is 3.05. The number of methoxy groups -OCH3 is 1. The number of carbonyl (C=O) groups is 2. The molecule has 2 unspecified atom stereocenters. The Hall–Kier alpha value is -1.26. The van der Waals surface area contributed by atoms with Crippen LogP contribution in [-0.2, 0) is 9.53 Å². The standard InChI is InChI=1S/C15H28N2O3/c1-5-6-7-12-8-13(16-14(18)11(2)3)10-17(9-12)15(19)20-4/h11-13H,5-10H2,1-4H3,(H,16,18). The van der Waals surface area contributed by atoms with Crippen molar-refractivity contribution >= 4 is 12.0 Å². The van der Waals surface area contributed by atoms with Gasteiger partial charge in [-0.05, 0) is 18.8 Å². The van der Waals surface area contributed by atoms with Crippen molar-refractivity contribution in [3.8, 4) is 0 Å². The van der Waals surface area contributed by atoms with E-state index in [0.717, 1.165) is 32.2 Å². The van der Waals surface area contributed by atoms with Crippen molar-refractivity contribution in [3.63, 3.8) is 0 Å². The van der Waals surface area contributed by atoms with Crippen molar-refractivity contribution < 1.29 is 14.3 Å². The van der Waals surface area contributed by atoms with E-state index in [1.165, 1.54) is 7.11 Å². The maximum absolute atomic E-state index is 11.8. The fourth-order valence-electron chi connectivity index (χ4n) is 2.66.